The molecule has 0 N–H and O–H groups in total. The molecule has 0 saturated carbocycles. The molecule has 0 saturated heterocycles. The molecule has 8 aromatic carbocycles. The molecule has 0 fully saturated rings. The van der Waals surface area contributed by atoms with Gasteiger partial charge in [-0.15, -0.1) is 0 Å². The van der Waals surface area contributed by atoms with Crippen LogP contribution >= 0.6 is 0 Å². The van der Waals surface area contributed by atoms with Crippen molar-refractivity contribution in [2.24, 2.45) is 0 Å². The van der Waals surface area contributed by atoms with Crippen LogP contribution in [0.2, 0.25) is 0 Å². The largest absolute Gasteiger partial charge is 0.456 e. The van der Waals surface area contributed by atoms with Gasteiger partial charge in [-0.05, 0) is 87.0 Å². The Bertz CT molecular complexity index is 2640. The van der Waals surface area contributed by atoms with Crippen molar-refractivity contribution in [1.29, 1.82) is 0 Å². The summed E-state index contributed by atoms with van der Waals surface area (Å²) in [6, 6.07) is 72.2. The first-order valence-corrected chi connectivity index (χ1v) is 17.5. The molecule has 1 heterocycles. The lowest BCUT2D eigenvalue weighted by Gasteiger charge is -2.35. The highest BCUT2D eigenvalue weighted by atomic mass is 16.3. The van der Waals surface area contributed by atoms with Crippen LogP contribution < -0.4 is 4.90 Å². The van der Waals surface area contributed by atoms with E-state index in [1.807, 2.05) is 6.07 Å². The number of fused-ring (bicyclic) bond motifs is 6. The number of anilines is 3. The lowest BCUT2D eigenvalue weighted by atomic mass is 9.67. The molecule has 0 aliphatic heterocycles. The second kappa shape index (κ2) is 11.8. The van der Waals surface area contributed by atoms with Gasteiger partial charge >= 0.3 is 0 Å². The Morgan fingerprint density at radius 2 is 0.961 bits per heavy atom. The fourth-order valence-electron chi connectivity index (χ4n) is 8.39. The molecule has 1 aromatic heterocycles. The second-order valence-corrected chi connectivity index (χ2v) is 13.3. The molecule has 51 heavy (non-hydrogen) atoms. The molecule has 240 valence electrons. The Morgan fingerprint density at radius 1 is 0.392 bits per heavy atom. The maximum Gasteiger partial charge on any atom is 0.137 e. The zero-order valence-corrected chi connectivity index (χ0v) is 27.9. The van der Waals surface area contributed by atoms with Gasteiger partial charge in [0.2, 0.25) is 0 Å². The van der Waals surface area contributed by atoms with E-state index in [4.69, 9.17) is 4.42 Å². The van der Waals surface area contributed by atoms with Crippen LogP contribution in [0.1, 0.15) is 22.3 Å². The highest BCUT2D eigenvalue weighted by Crippen LogP contribution is 2.56. The molecule has 0 atom stereocenters. The number of benzene rings is 8. The van der Waals surface area contributed by atoms with Crippen molar-refractivity contribution in [3.05, 3.63) is 222 Å². The van der Waals surface area contributed by atoms with Gasteiger partial charge in [0.15, 0.2) is 0 Å². The number of nitrogens with zero attached hydrogens (tertiary/aromatic N) is 1. The molecule has 0 bridgehead atoms. The third-order valence-corrected chi connectivity index (χ3v) is 10.6. The molecule has 1 aliphatic rings. The maximum absolute atomic E-state index is 6.42. The Morgan fingerprint density at radius 3 is 1.71 bits per heavy atom. The minimum absolute atomic E-state index is 0.498. The van der Waals surface area contributed by atoms with Gasteiger partial charge in [0.05, 0.1) is 16.5 Å². The van der Waals surface area contributed by atoms with E-state index in [1.165, 1.54) is 44.5 Å². The van der Waals surface area contributed by atoms with Crippen molar-refractivity contribution < 1.29 is 4.42 Å². The van der Waals surface area contributed by atoms with Crippen molar-refractivity contribution in [2.75, 3.05) is 4.90 Å². The van der Waals surface area contributed by atoms with Gasteiger partial charge in [-0.1, -0.05) is 158 Å². The molecule has 2 nitrogen and oxygen atoms in total. The predicted octanol–water partition coefficient (Wildman–Crippen LogP) is 13.1. The van der Waals surface area contributed by atoms with Crippen LogP contribution in [0.3, 0.4) is 0 Å². The summed E-state index contributed by atoms with van der Waals surface area (Å²) in [5.41, 5.74) is 14.5. The van der Waals surface area contributed by atoms with Crippen molar-refractivity contribution in [3.63, 3.8) is 0 Å². The maximum atomic E-state index is 6.42. The van der Waals surface area contributed by atoms with Crippen molar-refractivity contribution in [3.8, 4) is 22.3 Å². The van der Waals surface area contributed by atoms with Crippen LogP contribution in [0, 0.1) is 0 Å². The van der Waals surface area contributed by atoms with Gasteiger partial charge < -0.3 is 9.32 Å². The van der Waals surface area contributed by atoms with E-state index in [-0.39, 0.29) is 0 Å². The summed E-state index contributed by atoms with van der Waals surface area (Å²) >= 11 is 0. The van der Waals surface area contributed by atoms with Crippen LogP contribution in [-0.4, -0.2) is 0 Å². The summed E-state index contributed by atoms with van der Waals surface area (Å²) in [5, 5.41) is 2.20. The summed E-state index contributed by atoms with van der Waals surface area (Å²) in [6.45, 7) is 0. The summed E-state index contributed by atoms with van der Waals surface area (Å²) < 4.78 is 6.42. The number of hydrogen-bond donors (Lipinski definition) is 0. The zero-order chi connectivity index (χ0) is 33.8. The lowest BCUT2D eigenvalue weighted by molar-refractivity contribution is 0.669. The number of para-hydroxylation sites is 1. The van der Waals surface area contributed by atoms with Gasteiger partial charge in [0.25, 0.3) is 0 Å². The Kier molecular flexibility index (Phi) is 6.75. The smallest absolute Gasteiger partial charge is 0.137 e. The van der Waals surface area contributed by atoms with Crippen LogP contribution in [0.5, 0.6) is 0 Å². The molecule has 9 aromatic rings. The average Bonchev–Trinajstić information content (AvgIpc) is 3.74. The fourth-order valence-corrected chi connectivity index (χ4v) is 8.39. The van der Waals surface area contributed by atoms with Crippen molar-refractivity contribution in [2.45, 2.75) is 5.41 Å². The fraction of sp³-hybridized carbons (Fsp3) is 0.0204. The third-order valence-electron chi connectivity index (χ3n) is 10.6. The molecular weight excluding hydrogens is 619 g/mol. The third kappa shape index (κ3) is 4.50. The van der Waals surface area contributed by atoms with E-state index < -0.39 is 5.41 Å². The molecule has 10 rings (SSSR count). The first kappa shape index (κ1) is 29.3. The van der Waals surface area contributed by atoms with E-state index >= 15 is 0 Å². The number of hydrogen-bond acceptors (Lipinski definition) is 2. The number of rotatable bonds is 6. The van der Waals surface area contributed by atoms with Gasteiger partial charge in [-0.2, -0.15) is 0 Å². The molecule has 0 amide bonds. The van der Waals surface area contributed by atoms with Crippen molar-refractivity contribution in [1.82, 2.24) is 0 Å². The Hall–Kier alpha value is -6.64. The minimum atomic E-state index is -0.498. The van der Waals surface area contributed by atoms with Gasteiger partial charge in [0.1, 0.15) is 11.2 Å². The highest BCUT2D eigenvalue weighted by molar-refractivity contribution is 6.13. The summed E-state index contributed by atoms with van der Waals surface area (Å²) in [5.74, 6) is 0. The molecule has 0 radical (unpaired) electrons. The summed E-state index contributed by atoms with van der Waals surface area (Å²) in [6.07, 6.45) is 0. The van der Waals surface area contributed by atoms with E-state index in [2.05, 4.69) is 199 Å². The second-order valence-electron chi connectivity index (χ2n) is 13.3. The van der Waals surface area contributed by atoms with E-state index in [0.29, 0.717) is 0 Å². The zero-order valence-electron chi connectivity index (χ0n) is 27.9. The minimum Gasteiger partial charge on any atom is -0.456 e. The van der Waals surface area contributed by atoms with E-state index in [1.54, 1.807) is 0 Å². The lowest BCUT2D eigenvalue weighted by Crippen LogP contribution is -2.28. The Balaban J connectivity index is 1.24. The average molecular weight is 652 g/mol. The van der Waals surface area contributed by atoms with Crippen LogP contribution in [0.15, 0.2) is 205 Å². The van der Waals surface area contributed by atoms with Gasteiger partial charge in [-0.3, -0.25) is 0 Å². The predicted molar refractivity (Wildman–Crippen MR) is 211 cm³/mol. The molecule has 2 heteroatoms. The van der Waals surface area contributed by atoms with Crippen LogP contribution in [0.25, 0.3) is 44.2 Å². The Labute approximate surface area is 297 Å². The van der Waals surface area contributed by atoms with E-state index in [0.717, 1.165) is 39.0 Å². The van der Waals surface area contributed by atoms with Crippen LogP contribution in [-0.2, 0) is 5.41 Å². The topological polar surface area (TPSA) is 16.4 Å². The van der Waals surface area contributed by atoms with E-state index in [9.17, 15) is 0 Å². The quantitative estimate of drug-likeness (QED) is 0.178. The molecule has 0 unspecified atom stereocenters. The first-order valence-electron chi connectivity index (χ1n) is 17.5. The standard InChI is InChI=1S/C49H33NO/c1-3-15-34(16-4-1)35-29-31-38(32-30-35)50(45-26-14-28-47-48(45)42-23-9-12-27-46(42)51-47)39-20-13-19-37(33-39)49(36-17-5-2-6-18-36)43-24-10-7-21-40(43)41-22-8-11-25-44(41)49/h1-33H. The first-order chi connectivity index (χ1) is 25.3. The van der Waals surface area contributed by atoms with Gasteiger partial charge in [-0.25, -0.2) is 0 Å². The SMILES string of the molecule is c1ccc(-c2ccc(N(c3cccc(C4(c5ccccc5)c5ccccc5-c5ccccc54)c3)c3cccc4oc5ccccc5c34)cc2)cc1. The summed E-state index contributed by atoms with van der Waals surface area (Å²) in [7, 11) is 0. The van der Waals surface area contributed by atoms with Crippen LogP contribution in [0.4, 0.5) is 17.1 Å². The molecule has 1 aliphatic carbocycles. The molecule has 0 spiro atoms. The number of furan rings is 1. The monoisotopic (exact) mass is 651 g/mol. The van der Waals surface area contributed by atoms with Crippen molar-refractivity contribution >= 4 is 39.0 Å². The summed E-state index contributed by atoms with van der Waals surface area (Å²) in [4.78, 5) is 2.40. The van der Waals surface area contributed by atoms with Gasteiger partial charge in [0, 0.05) is 16.8 Å². The normalized spacial score (nSPS) is 12.9. The highest BCUT2D eigenvalue weighted by Gasteiger charge is 2.46. The molecular formula is C49H33NO.